The Balaban J connectivity index is 1.77. The summed E-state index contributed by atoms with van der Waals surface area (Å²) in [5.74, 6) is -0.300. The van der Waals surface area contributed by atoms with Gasteiger partial charge in [0.05, 0.1) is 26.0 Å². The van der Waals surface area contributed by atoms with Crippen molar-refractivity contribution < 1.29 is 17.9 Å². The van der Waals surface area contributed by atoms with Gasteiger partial charge in [-0.3, -0.25) is 9.69 Å². The van der Waals surface area contributed by atoms with Gasteiger partial charge in [-0.15, -0.1) is 0 Å². The summed E-state index contributed by atoms with van der Waals surface area (Å²) in [6.07, 6.45) is 1.93. The number of nitrogens with one attached hydrogen (secondary N) is 1. The van der Waals surface area contributed by atoms with E-state index in [0.29, 0.717) is 11.6 Å². The van der Waals surface area contributed by atoms with Crippen molar-refractivity contribution >= 4 is 27.5 Å². The summed E-state index contributed by atoms with van der Waals surface area (Å²) >= 11 is 5.84. The first-order valence-electron chi connectivity index (χ1n) is 8.61. The van der Waals surface area contributed by atoms with E-state index in [1.807, 2.05) is 0 Å². The molecule has 7 nitrogen and oxygen atoms in total. The van der Waals surface area contributed by atoms with Gasteiger partial charge in [-0.1, -0.05) is 23.7 Å². The summed E-state index contributed by atoms with van der Waals surface area (Å²) in [7, 11) is -3.50. The van der Waals surface area contributed by atoms with E-state index in [1.165, 1.54) is 0 Å². The number of hydrogen-bond acceptors (Lipinski definition) is 5. The zero-order valence-electron chi connectivity index (χ0n) is 15.0. The molecule has 0 bridgehead atoms. The number of halogens is 1. The van der Waals surface area contributed by atoms with Crippen LogP contribution >= 0.6 is 11.6 Å². The zero-order valence-corrected chi connectivity index (χ0v) is 16.6. The van der Waals surface area contributed by atoms with Gasteiger partial charge in [-0.05, 0) is 30.7 Å². The number of hydrogen-bond donors (Lipinski definition) is 1. The van der Waals surface area contributed by atoms with E-state index >= 15 is 0 Å². The average Bonchev–Trinajstić information content (AvgIpc) is 2.60. The molecule has 1 N–H and O–H groups in total. The summed E-state index contributed by atoms with van der Waals surface area (Å²) in [6.45, 7) is 4.68. The molecule has 1 heterocycles. The lowest BCUT2D eigenvalue weighted by Crippen LogP contribution is -2.41. The molecule has 1 aliphatic rings. The molecule has 0 unspecified atom stereocenters. The number of carbonyl (C=O) groups excluding carboxylic acids is 1. The minimum Gasteiger partial charge on any atom is -0.379 e. The van der Waals surface area contributed by atoms with Crippen LogP contribution in [0, 0.1) is 0 Å². The van der Waals surface area contributed by atoms with Crippen molar-refractivity contribution in [2.24, 2.45) is 0 Å². The van der Waals surface area contributed by atoms with Crippen molar-refractivity contribution in [1.82, 2.24) is 14.5 Å². The van der Waals surface area contributed by atoms with E-state index < -0.39 is 10.0 Å². The molecule has 9 heteroatoms. The lowest BCUT2D eigenvalue weighted by Gasteiger charge is -2.26. The normalized spacial score (nSPS) is 16.0. The molecule has 0 atom stereocenters. The maximum atomic E-state index is 12.1. The molecule has 0 saturated carbocycles. The minimum atomic E-state index is -3.50. The second kappa shape index (κ2) is 10.2. The van der Waals surface area contributed by atoms with E-state index in [9.17, 15) is 13.2 Å². The van der Waals surface area contributed by atoms with E-state index in [0.717, 1.165) is 55.4 Å². The van der Waals surface area contributed by atoms with Crippen LogP contribution in [0.5, 0.6) is 0 Å². The number of amides is 1. The molecule has 1 aromatic carbocycles. The topological polar surface area (TPSA) is 79.0 Å². The number of benzene rings is 1. The zero-order chi connectivity index (χ0) is 19.0. The molecule has 1 saturated heterocycles. The van der Waals surface area contributed by atoms with Crippen LogP contribution in [-0.4, -0.2) is 75.7 Å². The van der Waals surface area contributed by atoms with Crippen LogP contribution in [0.25, 0.3) is 0 Å². The number of rotatable bonds is 9. The van der Waals surface area contributed by atoms with E-state index in [-0.39, 0.29) is 19.0 Å². The number of ether oxygens (including phenoxy) is 1. The van der Waals surface area contributed by atoms with Crippen molar-refractivity contribution in [3.8, 4) is 0 Å². The Bertz CT molecular complexity index is 676. The Labute approximate surface area is 160 Å². The van der Waals surface area contributed by atoms with Crippen molar-refractivity contribution in [3.05, 3.63) is 34.9 Å². The first-order valence-corrected chi connectivity index (χ1v) is 10.8. The summed E-state index contributed by atoms with van der Waals surface area (Å²) in [5, 5.41) is 3.38. The molecule has 26 heavy (non-hydrogen) atoms. The van der Waals surface area contributed by atoms with Crippen LogP contribution in [-0.2, 0) is 26.1 Å². The number of nitrogens with zero attached hydrogens (tertiary/aromatic N) is 2. The largest absolute Gasteiger partial charge is 0.379 e. The van der Waals surface area contributed by atoms with Crippen LogP contribution in [0.15, 0.2) is 24.3 Å². The van der Waals surface area contributed by atoms with Gasteiger partial charge in [0.1, 0.15) is 0 Å². The second-order valence-electron chi connectivity index (χ2n) is 6.32. The average molecular weight is 404 g/mol. The van der Waals surface area contributed by atoms with Crippen LogP contribution in [0.3, 0.4) is 0 Å². The SMILES string of the molecule is CS(=O)(=O)N(CC(=O)NCCCN1CCOCC1)Cc1ccc(Cl)cc1. The third-order valence-corrected chi connectivity index (χ3v) is 5.59. The first-order chi connectivity index (χ1) is 12.3. The fraction of sp³-hybridized carbons (Fsp3) is 0.588. The molecule has 0 aliphatic carbocycles. The quantitative estimate of drug-likeness (QED) is 0.621. The van der Waals surface area contributed by atoms with Crippen molar-refractivity contribution in [3.63, 3.8) is 0 Å². The highest BCUT2D eigenvalue weighted by Crippen LogP contribution is 2.13. The third-order valence-electron chi connectivity index (χ3n) is 4.14. The first kappa shape index (κ1) is 21.1. The fourth-order valence-corrected chi connectivity index (χ4v) is 3.52. The Morgan fingerprint density at radius 3 is 2.54 bits per heavy atom. The predicted molar refractivity (Wildman–Crippen MR) is 102 cm³/mol. The standard InChI is InChI=1S/C17H26ClN3O4S/c1-26(23,24)21(13-15-3-5-16(18)6-4-15)14-17(22)19-7-2-8-20-9-11-25-12-10-20/h3-6H,2,7-14H2,1H3,(H,19,22). The fourth-order valence-electron chi connectivity index (χ4n) is 2.66. The predicted octanol–water partition coefficient (Wildman–Crippen LogP) is 0.940. The third kappa shape index (κ3) is 7.59. The van der Waals surface area contributed by atoms with Gasteiger partial charge >= 0.3 is 0 Å². The Morgan fingerprint density at radius 1 is 1.27 bits per heavy atom. The van der Waals surface area contributed by atoms with E-state index in [4.69, 9.17) is 16.3 Å². The van der Waals surface area contributed by atoms with Crippen molar-refractivity contribution in [2.45, 2.75) is 13.0 Å². The lowest BCUT2D eigenvalue weighted by molar-refractivity contribution is -0.121. The number of carbonyl (C=O) groups is 1. The molecule has 0 radical (unpaired) electrons. The summed E-state index contributed by atoms with van der Waals surface area (Å²) in [4.78, 5) is 14.4. The number of morpholine rings is 1. The van der Waals surface area contributed by atoms with Crippen LogP contribution in [0.2, 0.25) is 5.02 Å². The Hall–Kier alpha value is -1.19. The van der Waals surface area contributed by atoms with Gasteiger partial charge in [0.25, 0.3) is 0 Å². The molecule has 0 aromatic heterocycles. The van der Waals surface area contributed by atoms with Crippen LogP contribution < -0.4 is 5.32 Å². The van der Waals surface area contributed by atoms with Gasteiger partial charge in [-0.2, -0.15) is 4.31 Å². The maximum absolute atomic E-state index is 12.1. The molecule has 1 amide bonds. The molecule has 146 valence electrons. The lowest BCUT2D eigenvalue weighted by atomic mass is 10.2. The van der Waals surface area contributed by atoms with E-state index in [1.54, 1.807) is 24.3 Å². The molecule has 1 aliphatic heterocycles. The Kier molecular flexibility index (Phi) is 8.30. The smallest absolute Gasteiger partial charge is 0.235 e. The van der Waals surface area contributed by atoms with Gasteiger partial charge in [0.2, 0.25) is 15.9 Å². The molecule has 2 rings (SSSR count). The van der Waals surface area contributed by atoms with Crippen LogP contribution in [0.4, 0.5) is 0 Å². The van der Waals surface area contributed by atoms with Gasteiger partial charge in [0, 0.05) is 31.2 Å². The highest BCUT2D eigenvalue weighted by Gasteiger charge is 2.20. The number of sulfonamides is 1. The highest BCUT2D eigenvalue weighted by molar-refractivity contribution is 7.88. The van der Waals surface area contributed by atoms with E-state index in [2.05, 4.69) is 10.2 Å². The van der Waals surface area contributed by atoms with Gasteiger partial charge in [0.15, 0.2) is 0 Å². The van der Waals surface area contributed by atoms with Crippen molar-refractivity contribution in [1.29, 1.82) is 0 Å². The van der Waals surface area contributed by atoms with Gasteiger partial charge in [-0.25, -0.2) is 8.42 Å². The van der Waals surface area contributed by atoms with Gasteiger partial charge < -0.3 is 10.1 Å². The molecular formula is C17H26ClN3O4S. The highest BCUT2D eigenvalue weighted by atomic mass is 35.5. The summed E-state index contributed by atoms with van der Waals surface area (Å²) < 4.78 is 30.4. The summed E-state index contributed by atoms with van der Waals surface area (Å²) in [5.41, 5.74) is 0.778. The maximum Gasteiger partial charge on any atom is 0.235 e. The van der Waals surface area contributed by atoms with Crippen molar-refractivity contribution in [2.75, 3.05) is 52.2 Å². The summed E-state index contributed by atoms with van der Waals surface area (Å²) in [6, 6.07) is 6.90. The Morgan fingerprint density at radius 2 is 1.92 bits per heavy atom. The second-order valence-corrected chi connectivity index (χ2v) is 8.73. The minimum absolute atomic E-state index is 0.136. The molecule has 1 fully saturated rings. The molecule has 1 aromatic rings. The molecule has 0 spiro atoms. The monoisotopic (exact) mass is 403 g/mol. The van der Waals surface area contributed by atoms with Crippen LogP contribution in [0.1, 0.15) is 12.0 Å². The molecular weight excluding hydrogens is 378 g/mol.